The summed E-state index contributed by atoms with van der Waals surface area (Å²) in [5.74, 6) is 0.869. The van der Waals surface area contributed by atoms with E-state index in [0.717, 1.165) is 37.5 Å². The minimum atomic E-state index is 0.477. The maximum Gasteiger partial charge on any atom is 0.130 e. The molecule has 0 saturated carbocycles. The average molecular weight is 361 g/mol. The van der Waals surface area contributed by atoms with E-state index in [-0.39, 0.29) is 0 Å². The van der Waals surface area contributed by atoms with Crippen LogP contribution in [0.5, 0.6) is 5.75 Å². The molecule has 2 N–H and O–H groups in total. The molecule has 0 aliphatic carbocycles. The van der Waals surface area contributed by atoms with Gasteiger partial charge in [0.15, 0.2) is 0 Å². The number of nitrogens with two attached hydrogens (primary N) is 1. The number of aromatic nitrogens is 1. The molecule has 0 radical (unpaired) electrons. The second kappa shape index (κ2) is 10.5. The molecule has 3 rings (SSSR count). The zero-order valence-corrected chi connectivity index (χ0v) is 15.6. The highest BCUT2D eigenvalue weighted by molar-refractivity contribution is 5.28. The number of hydrogen-bond donors (Lipinski definition) is 1. The van der Waals surface area contributed by atoms with Crippen LogP contribution in [0.4, 0.5) is 0 Å². The van der Waals surface area contributed by atoms with Crippen LogP contribution in [0.1, 0.15) is 16.8 Å². The van der Waals surface area contributed by atoms with Gasteiger partial charge in [-0.05, 0) is 41.8 Å². The molecule has 0 unspecified atom stereocenters. The Bertz CT molecular complexity index is 793. The standard InChI is InChI=1S/C23H27N3O/c24-13-16-26(15-12-20-7-2-1-3-8-20)18-21-9-6-11-23(17-21)27-19-22-10-4-5-14-25-22/h1-11,14,17H,12-13,15-16,18-19,24H2. The molecule has 0 atom stereocenters. The molecule has 140 valence electrons. The zero-order valence-electron chi connectivity index (χ0n) is 15.6. The van der Waals surface area contributed by atoms with Gasteiger partial charge in [-0.3, -0.25) is 9.88 Å². The number of nitrogens with zero attached hydrogens (tertiary/aromatic N) is 2. The largest absolute Gasteiger partial charge is 0.487 e. The fourth-order valence-electron chi connectivity index (χ4n) is 3.02. The summed E-state index contributed by atoms with van der Waals surface area (Å²) < 4.78 is 5.90. The van der Waals surface area contributed by atoms with Crippen LogP contribution in [0.2, 0.25) is 0 Å². The van der Waals surface area contributed by atoms with Crippen LogP contribution >= 0.6 is 0 Å². The maximum absolute atomic E-state index is 5.90. The highest BCUT2D eigenvalue weighted by atomic mass is 16.5. The van der Waals surface area contributed by atoms with Crippen LogP contribution in [0.3, 0.4) is 0 Å². The third-order valence-electron chi connectivity index (χ3n) is 4.42. The minimum absolute atomic E-state index is 0.477. The van der Waals surface area contributed by atoms with E-state index >= 15 is 0 Å². The Hall–Kier alpha value is -2.69. The second-order valence-corrected chi connectivity index (χ2v) is 6.56. The summed E-state index contributed by atoms with van der Waals surface area (Å²) in [6, 6.07) is 24.7. The molecule has 0 aliphatic heterocycles. The van der Waals surface area contributed by atoms with Gasteiger partial charge in [-0.25, -0.2) is 0 Å². The quantitative estimate of drug-likeness (QED) is 0.599. The summed E-state index contributed by atoms with van der Waals surface area (Å²) in [6.45, 7) is 3.87. The molecule has 4 nitrogen and oxygen atoms in total. The van der Waals surface area contributed by atoms with Gasteiger partial charge >= 0.3 is 0 Å². The number of pyridine rings is 1. The van der Waals surface area contributed by atoms with Gasteiger partial charge in [0.25, 0.3) is 0 Å². The Morgan fingerprint density at radius 2 is 1.67 bits per heavy atom. The first-order valence-electron chi connectivity index (χ1n) is 9.41. The van der Waals surface area contributed by atoms with Crippen molar-refractivity contribution >= 4 is 0 Å². The monoisotopic (exact) mass is 361 g/mol. The summed E-state index contributed by atoms with van der Waals surface area (Å²) in [5, 5.41) is 0. The summed E-state index contributed by atoms with van der Waals surface area (Å²) in [4.78, 5) is 6.69. The molecular weight excluding hydrogens is 334 g/mol. The van der Waals surface area contributed by atoms with Gasteiger partial charge in [0.1, 0.15) is 12.4 Å². The predicted octanol–water partition coefficient (Wildman–Crippen LogP) is 3.66. The first-order chi connectivity index (χ1) is 13.3. The first-order valence-corrected chi connectivity index (χ1v) is 9.41. The molecule has 0 aliphatic rings. The van der Waals surface area contributed by atoms with Crippen LogP contribution in [0.15, 0.2) is 79.0 Å². The highest BCUT2D eigenvalue weighted by Crippen LogP contribution is 2.16. The van der Waals surface area contributed by atoms with E-state index in [9.17, 15) is 0 Å². The van der Waals surface area contributed by atoms with Gasteiger partial charge in [0, 0.05) is 32.4 Å². The molecule has 0 bridgehead atoms. The van der Waals surface area contributed by atoms with Gasteiger partial charge in [-0.15, -0.1) is 0 Å². The Morgan fingerprint density at radius 1 is 0.852 bits per heavy atom. The molecule has 0 amide bonds. The first kappa shape index (κ1) is 19.1. The van der Waals surface area contributed by atoms with Crippen molar-refractivity contribution in [1.29, 1.82) is 0 Å². The summed E-state index contributed by atoms with van der Waals surface area (Å²) in [6.07, 6.45) is 2.81. The normalized spacial score (nSPS) is 10.9. The number of benzene rings is 2. The molecule has 1 aromatic heterocycles. The lowest BCUT2D eigenvalue weighted by Gasteiger charge is -2.22. The van der Waals surface area contributed by atoms with Crippen LogP contribution in [0.25, 0.3) is 0 Å². The summed E-state index contributed by atoms with van der Waals surface area (Å²) in [5.41, 5.74) is 9.33. The van der Waals surface area contributed by atoms with Gasteiger partial charge in [-0.2, -0.15) is 0 Å². The third-order valence-corrected chi connectivity index (χ3v) is 4.42. The van der Waals surface area contributed by atoms with Gasteiger partial charge < -0.3 is 10.5 Å². The van der Waals surface area contributed by atoms with Crippen LogP contribution in [0, 0.1) is 0 Å². The van der Waals surface area contributed by atoms with Gasteiger partial charge in [0.2, 0.25) is 0 Å². The molecular formula is C23H27N3O. The number of ether oxygens (including phenoxy) is 1. The second-order valence-electron chi connectivity index (χ2n) is 6.56. The van der Waals surface area contributed by atoms with Crippen LogP contribution in [-0.4, -0.2) is 29.5 Å². The lowest BCUT2D eigenvalue weighted by molar-refractivity contribution is 0.274. The summed E-state index contributed by atoms with van der Waals surface area (Å²) >= 11 is 0. The zero-order chi connectivity index (χ0) is 18.7. The van der Waals surface area contributed by atoms with E-state index in [0.29, 0.717) is 13.2 Å². The van der Waals surface area contributed by atoms with Crippen molar-refractivity contribution in [3.8, 4) is 5.75 Å². The van der Waals surface area contributed by atoms with Gasteiger partial charge in [0.05, 0.1) is 5.69 Å². The Morgan fingerprint density at radius 3 is 2.44 bits per heavy atom. The topological polar surface area (TPSA) is 51.4 Å². The molecule has 0 fully saturated rings. The van der Waals surface area contributed by atoms with Crippen molar-refractivity contribution in [1.82, 2.24) is 9.88 Å². The van der Waals surface area contributed by atoms with E-state index < -0.39 is 0 Å². The Kier molecular flexibility index (Phi) is 7.39. The van der Waals surface area contributed by atoms with Crippen molar-refractivity contribution in [2.24, 2.45) is 5.73 Å². The molecule has 0 saturated heterocycles. The summed E-state index contributed by atoms with van der Waals surface area (Å²) in [7, 11) is 0. The molecule has 3 aromatic rings. The number of hydrogen-bond acceptors (Lipinski definition) is 4. The molecule has 0 spiro atoms. The molecule has 27 heavy (non-hydrogen) atoms. The van der Waals surface area contributed by atoms with E-state index in [1.807, 2.05) is 30.3 Å². The van der Waals surface area contributed by atoms with Gasteiger partial charge in [-0.1, -0.05) is 48.5 Å². The highest BCUT2D eigenvalue weighted by Gasteiger charge is 2.07. The SMILES string of the molecule is NCCN(CCc1ccccc1)Cc1cccc(OCc2ccccn2)c1. The van der Waals surface area contributed by atoms with E-state index in [1.54, 1.807) is 6.20 Å². The van der Waals surface area contributed by atoms with Crippen molar-refractivity contribution < 1.29 is 4.74 Å². The maximum atomic E-state index is 5.90. The predicted molar refractivity (Wildman–Crippen MR) is 109 cm³/mol. The minimum Gasteiger partial charge on any atom is -0.487 e. The van der Waals surface area contributed by atoms with Crippen molar-refractivity contribution in [3.05, 3.63) is 95.8 Å². The fraction of sp³-hybridized carbons (Fsp3) is 0.261. The molecule has 1 heterocycles. The third kappa shape index (κ3) is 6.51. The molecule has 2 aromatic carbocycles. The van der Waals surface area contributed by atoms with Crippen LogP contribution in [-0.2, 0) is 19.6 Å². The molecule has 4 heteroatoms. The average Bonchev–Trinajstić information content (AvgIpc) is 2.72. The fourth-order valence-corrected chi connectivity index (χ4v) is 3.02. The van der Waals surface area contributed by atoms with E-state index in [1.165, 1.54) is 11.1 Å². The van der Waals surface area contributed by atoms with Crippen molar-refractivity contribution in [2.45, 2.75) is 19.6 Å². The van der Waals surface area contributed by atoms with Crippen molar-refractivity contribution in [2.75, 3.05) is 19.6 Å². The van der Waals surface area contributed by atoms with E-state index in [2.05, 4.69) is 52.3 Å². The number of rotatable bonds is 10. The van der Waals surface area contributed by atoms with Crippen LogP contribution < -0.4 is 10.5 Å². The smallest absolute Gasteiger partial charge is 0.130 e. The van der Waals surface area contributed by atoms with Crippen molar-refractivity contribution in [3.63, 3.8) is 0 Å². The lowest BCUT2D eigenvalue weighted by Crippen LogP contribution is -2.31. The Labute approximate surface area is 161 Å². The lowest BCUT2D eigenvalue weighted by atomic mass is 10.1. The Balaban J connectivity index is 1.57. The van der Waals surface area contributed by atoms with E-state index in [4.69, 9.17) is 10.5 Å².